The van der Waals surface area contributed by atoms with E-state index >= 15 is 9.59 Å². The number of carbonyl (C=O) groups is 11. The van der Waals surface area contributed by atoms with Crippen LogP contribution in [0.5, 0.6) is 0 Å². The smallest absolute Gasteiger partial charge is 0.246 e. The average molecular weight is 1250 g/mol. The summed E-state index contributed by atoms with van der Waals surface area (Å²) >= 11 is 0. The van der Waals surface area contributed by atoms with Gasteiger partial charge < -0.3 is 66.4 Å². The molecule has 3 unspecified atom stereocenters. The van der Waals surface area contributed by atoms with Crippen molar-refractivity contribution in [2.45, 2.75) is 229 Å². The van der Waals surface area contributed by atoms with Crippen molar-refractivity contribution >= 4 is 65.0 Å². The van der Waals surface area contributed by atoms with Gasteiger partial charge in [-0.15, -0.1) is 0 Å². The van der Waals surface area contributed by atoms with Crippen LogP contribution in [0, 0.1) is 41.4 Å². The standard InChI is InChI=1S/C64H116N12O12/c1-24-45-60(84)70(17)35-50(77)71(18)46(31-36(2)3)57(81)69-51(40(10)11)63(87)72(19)47(32-37(4)5)56(80)66-43(15)55(79)67-44(16)59(83)73(20)48(33-38(6)7)61(85)74(21)49(34-39(8)9)62(86)75(22)52(41(12)13)64(88)76(23)53(58(82)68-45)54(78)42(14)29-27-25-26-28-30-65/h25,27,36-49,51-54,78H,24,26,28-35,65H2,1-23H3,(H,66,80)(H,67,79)(H,68,82)(H,69,81)/b27-25+/t42?,43-,44+,45-,46-,47-,48-,49-,51-,52-,53?,54?/m0/s1. The van der Waals surface area contributed by atoms with Gasteiger partial charge in [0.15, 0.2) is 0 Å². The molecule has 0 aromatic rings. The molecule has 0 aliphatic carbocycles. The maximum Gasteiger partial charge on any atom is 0.246 e. The van der Waals surface area contributed by atoms with Crippen molar-refractivity contribution in [3.8, 4) is 0 Å². The zero-order valence-electron chi connectivity index (χ0n) is 57.8. The molecule has 1 saturated heterocycles. The monoisotopic (exact) mass is 1240 g/mol. The number of hydrogen-bond donors (Lipinski definition) is 6. The first-order valence-corrected chi connectivity index (χ1v) is 31.8. The van der Waals surface area contributed by atoms with Crippen LogP contribution in [-0.4, -0.2) is 233 Å². The Bertz CT molecular complexity index is 2380. The fourth-order valence-electron chi connectivity index (χ4n) is 11.0. The summed E-state index contributed by atoms with van der Waals surface area (Å²) in [5.41, 5.74) is 5.70. The lowest BCUT2D eigenvalue weighted by Crippen LogP contribution is -2.63. The third kappa shape index (κ3) is 23.0. The highest BCUT2D eigenvalue weighted by atomic mass is 16.3. The molecule has 0 aromatic carbocycles. The molecule has 1 aliphatic heterocycles. The Morgan fingerprint density at radius 1 is 0.477 bits per heavy atom. The van der Waals surface area contributed by atoms with Gasteiger partial charge in [-0.25, -0.2) is 0 Å². The third-order valence-electron chi connectivity index (χ3n) is 16.6. The molecule has 7 N–H and O–H groups in total. The van der Waals surface area contributed by atoms with E-state index in [9.17, 15) is 48.3 Å². The Hall–Kier alpha value is -6.17. The van der Waals surface area contributed by atoms with Crippen LogP contribution < -0.4 is 27.0 Å². The van der Waals surface area contributed by atoms with Gasteiger partial charge >= 0.3 is 0 Å². The van der Waals surface area contributed by atoms with Crippen molar-refractivity contribution in [1.29, 1.82) is 0 Å². The van der Waals surface area contributed by atoms with Gasteiger partial charge in [-0.1, -0.05) is 109 Å². The number of hydrogen-bond acceptors (Lipinski definition) is 13. The van der Waals surface area contributed by atoms with E-state index < -0.39 is 156 Å². The number of rotatable bonds is 18. The highest BCUT2D eigenvalue weighted by Gasteiger charge is 2.45. The molecular weight excluding hydrogens is 1130 g/mol. The molecule has 1 heterocycles. The van der Waals surface area contributed by atoms with E-state index in [2.05, 4.69) is 21.3 Å². The van der Waals surface area contributed by atoms with Gasteiger partial charge in [0.1, 0.15) is 60.4 Å². The Balaban J connectivity index is 4.34. The summed E-state index contributed by atoms with van der Waals surface area (Å²) < 4.78 is 0. The number of amides is 11. The van der Waals surface area contributed by atoms with E-state index in [-0.39, 0.29) is 55.8 Å². The number of likely N-dealkylation sites (N-methyl/N-ethyl adjacent to an activating group) is 7. The predicted octanol–water partition coefficient (Wildman–Crippen LogP) is 2.99. The first-order chi connectivity index (χ1) is 40.7. The summed E-state index contributed by atoms with van der Waals surface area (Å²) in [6, 6.07) is -12.4. The van der Waals surface area contributed by atoms with Crippen molar-refractivity contribution < 1.29 is 57.8 Å². The molecule has 0 radical (unpaired) electrons. The minimum Gasteiger partial charge on any atom is -0.390 e. The fourth-order valence-corrected chi connectivity index (χ4v) is 11.0. The molecule has 11 amide bonds. The van der Waals surface area contributed by atoms with E-state index in [4.69, 9.17) is 5.73 Å². The fraction of sp³-hybridized carbons (Fsp3) is 0.797. The molecule has 0 bridgehead atoms. The van der Waals surface area contributed by atoms with Crippen LogP contribution in [0.3, 0.4) is 0 Å². The number of unbranched alkanes of at least 4 members (excludes halogenated alkanes) is 1. The molecule has 12 atom stereocenters. The van der Waals surface area contributed by atoms with Gasteiger partial charge in [0.2, 0.25) is 65.0 Å². The van der Waals surface area contributed by atoms with Crippen LogP contribution in [0.4, 0.5) is 0 Å². The van der Waals surface area contributed by atoms with Crippen molar-refractivity contribution in [2.75, 3.05) is 62.4 Å². The SMILES string of the molecule is CC[C@@H]1NC(=O)C(C(O)C(C)C/C=C/CCCN)N(C)C(=O)[C@H](C(C)C)N(C)C(=O)[C@H](CC(C)C)N(C)C(=O)[C@H](CC(C)C)N(C)C(=O)[C@@H](C)NC(=O)[C@H](C)NC(=O)[C@H](CC(C)C)N(C)C(=O)[C@H](C(C)C)NC(=O)[C@H](CC(C)C)N(C)C(=O)CN(C)C1=O. The van der Waals surface area contributed by atoms with E-state index in [1.807, 2.05) is 67.5 Å². The second kappa shape index (κ2) is 37.1. The Labute approximate surface area is 526 Å². The van der Waals surface area contributed by atoms with E-state index in [1.165, 1.54) is 87.7 Å². The molecule has 88 heavy (non-hydrogen) atoms. The highest BCUT2D eigenvalue weighted by molar-refractivity contribution is 5.99. The van der Waals surface area contributed by atoms with E-state index in [0.29, 0.717) is 19.4 Å². The molecule has 1 fully saturated rings. The van der Waals surface area contributed by atoms with E-state index in [0.717, 1.165) is 16.2 Å². The number of nitrogens with zero attached hydrogens (tertiary/aromatic N) is 7. The largest absolute Gasteiger partial charge is 0.390 e. The second-order valence-corrected chi connectivity index (χ2v) is 26.9. The molecular formula is C64H116N12O12. The van der Waals surface area contributed by atoms with Crippen LogP contribution in [-0.2, 0) is 52.7 Å². The maximum atomic E-state index is 15.2. The number of nitrogens with one attached hydrogen (secondary N) is 4. The minimum absolute atomic E-state index is 0.0142. The number of nitrogens with two attached hydrogens (primary N) is 1. The molecule has 504 valence electrons. The molecule has 1 rings (SSSR count). The molecule has 0 aromatic heterocycles. The van der Waals surface area contributed by atoms with Gasteiger partial charge in [-0.3, -0.25) is 52.7 Å². The first kappa shape index (κ1) is 79.8. The summed E-state index contributed by atoms with van der Waals surface area (Å²) in [6.45, 7) is 28.0. The van der Waals surface area contributed by atoms with Gasteiger partial charge in [-0.2, -0.15) is 0 Å². The Morgan fingerprint density at radius 2 is 0.909 bits per heavy atom. The summed E-state index contributed by atoms with van der Waals surface area (Å²) in [5.74, 6) is -9.82. The average Bonchev–Trinajstić information content (AvgIpc) is 3.66. The lowest BCUT2D eigenvalue weighted by molar-refractivity contribution is -0.157. The van der Waals surface area contributed by atoms with Crippen molar-refractivity contribution in [2.24, 2.45) is 47.2 Å². The minimum atomic E-state index is -1.63. The first-order valence-electron chi connectivity index (χ1n) is 31.8. The number of carbonyl (C=O) groups excluding carboxylic acids is 11. The summed E-state index contributed by atoms with van der Waals surface area (Å²) in [7, 11) is 9.92. The number of aliphatic hydroxyl groups is 1. The summed E-state index contributed by atoms with van der Waals surface area (Å²) in [6.07, 6.45) is 4.56. The van der Waals surface area contributed by atoms with Crippen molar-refractivity contribution in [3.05, 3.63) is 12.2 Å². The van der Waals surface area contributed by atoms with Crippen molar-refractivity contribution in [1.82, 2.24) is 55.6 Å². The molecule has 24 nitrogen and oxygen atoms in total. The number of allylic oxidation sites excluding steroid dienone is 2. The highest BCUT2D eigenvalue weighted by Crippen LogP contribution is 2.26. The molecule has 24 heteroatoms. The van der Waals surface area contributed by atoms with Gasteiger partial charge in [0, 0.05) is 49.3 Å². The van der Waals surface area contributed by atoms with Crippen LogP contribution in [0.1, 0.15) is 162 Å². The molecule has 1 aliphatic rings. The lowest BCUT2D eigenvalue weighted by Gasteiger charge is -2.41. The molecule has 0 spiro atoms. The maximum absolute atomic E-state index is 15.2. The zero-order valence-corrected chi connectivity index (χ0v) is 57.8. The zero-order chi connectivity index (χ0) is 68.1. The quantitative estimate of drug-likeness (QED) is 0.0851. The normalized spacial score (nSPS) is 26.4. The predicted molar refractivity (Wildman–Crippen MR) is 341 cm³/mol. The topological polar surface area (TPSA) is 305 Å². The van der Waals surface area contributed by atoms with Crippen LogP contribution >= 0.6 is 0 Å². The Kier molecular flexibility index (Phi) is 33.7. The lowest BCUT2D eigenvalue weighted by atomic mass is 9.91. The van der Waals surface area contributed by atoms with Crippen LogP contribution in [0.15, 0.2) is 12.2 Å². The Morgan fingerprint density at radius 3 is 1.38 bits per heavy atom. The summed E-state index contributed by atoms with van der Waals surface area (Å²) in [4.78, 5) is 169. The van der Waals surface area contributed by atoms with Crippen molar-refractivity contribution in [3.63, 3.8) is 0 Å². The molecule has 0 saturated carbocycles. The third-order valence-corrected chi connectivity index (χ3v) is 16.6. The van der Waals surface area contributed by atoms with Gasteiger partial charge in [-0.05, 0) is 113 Å². The number of aliphatic hydroxyl groups excluding tert-OH is 1. The second-order valence-electron chi connectivity index (χ2n) is 26.9. The van der Waals surface area contributed by atoms with Crippen LogP contribution in [0.25, 0.3) is 0 Å². The van der Waals surface area contributed by atoms with Crippen LogP contribution in [0.2, 0.25) is 0 Å². The summed E-state index contributed by atoms with van der Waals surface area (Å²) in [5, 5.41) is 23.2. The van der Waals surface area contributed by atoms with Gasteiger partial charge in [0.25, 0.3) is 0 Å². The van der Waals surface area contributed by atoms with E-state index in [1.54, 1.807) is 41.5 Å². The van der Waals surface area contributed by atoms with Gasteiger partial charge in [0.05, 0.1) is 12.6 Å².